The molecule has 1 aromatic heterocycles. The lowest BCUT2D eigenvalue weighted by molar-refractivity contribution is 1.31. The molecule has 2 nitrogen and oxygen atoms in total. The number of hydrogen-bond acceptors (Lipinski definition) is 2. The van der Waals surface area contributed by atoms with E-state index >= 15 is 0 Å². The van der Waals surface area contributed by atoms with Crippen molar-refractivity contribution in [3.8, 4) is 0 Å². The summed E-state index contributed by atoms with van der Waals surface area (Å²) in [5, 5.41) is 4.26. The number of aromatic nitrogens is 1. The number of rotatable bonds is 2. The minimum atomic E-state index is 0.457. The molecular weight excluding hydrogens is 311 g/mol. The lowest BCUT2D eigenvalue weighted by Gasteiger charge is -2.06. The summed E-state index contributed by atoms with van der Waals surface area (Å²) in [4.78, 5) is 4.13. The first-order valence-electron chi connectivity index (χ1n) is 4.50. The van der Waals surface area contributed by atoms with Crippen LogP contribution in [-0.2, 0) is 0 Å². The second-order valence-electron chi connectivity index (χ2n) is 3.10. The van der Waals surface area contributed by atoms with Gasteiger partial charge < -0.3 is 5.32 Å². The summed E-state index contributed by atoms with van der Waals surface area (Å²) in [6.45, 7) is 0. The summed E-state index contributed by atoms with van der Waals surface area (Å²) in [7, 11) is 0. The first kappa shape index (κ1) is 11.7. The van der Waals surface area contributed by atoms with Crippen LogP contribution in [0.4, 0.5) is 11.5 Å². The standard InChI is InChI=1S/C11H7BrCl2N2/c12-8-6-7(4-5-9(8)13)15-11-3-1-2-10(14)16-11/h1-6H,(H,15,16). The van der Waals surface area contributed by atoms with Gasteiger partial charge in [0.05, 0.1) is 5.02 Å². The molecule has 0 aliphatic heterocycles. The molecule has 0 saturated heterocycles. The summed E-state index contributed by atoms with van der Waals surface area (Å²) < 4.78 is 0.834. The van der Waals surface area contributed by atoms with Gasteiger partial charge in [0, 0.05) is 10.2 Å². The van der Waals surface area contributed by atoms with E-state index in [0.29, 0.717) is 16.0 Å². The van der Waals surface area contributed by atoms with Crippen molar-refractivity contribution in [3.05, 3.63) is 51.0 Å². The summed E-state index contributed by atoms with van der Waals surface area (Å²) >= 11 is 15.0. The van der Waals surface area contributed by atoms with Crippen molar-refractivity contribution in [2.75, 3.05) is 5.32 Å². The first-order chi connectivity index (χ1) is 7.65. The average Bonchev–Trinajstić information content (AvgIpc) is 2.24. The molecule has 2 aromatic rings. The van der Waals surface area contributed by atoms with Crippen LogP contribution in [0, 0.1) is 0 Å². The zero-order valence-corrected chi connectivity index (χ0v) is 11.1. The molecule has 0 fully saturated rings. The van der Waals surface area contributed by atoms with Gasteiger partial charge >= 0.3 is 0 Å². The number of pyridine rings is 1. The van der Waals surface area contributed by atoms with Gasteiger partial charge in [0.15, 0.2) is 0 Å². The summed E-state index contributed by atoms with van der Waals surface area (Å²) in [6, 6.07) is 11.0. The number of hydrogen-bond donors (Lipinski definition) is 1. The minimum absolute atomic E-state index is 0.457. The lowest BCUT2D eigenvalue weighted by atomic mass is 10.3. The van der Waals surface area contributed by atoms with Crippen molar-refractivity contribution in [1.29, 1.82) is 0 Å². The van der Waals surface area contributed by atoms with Crippen molar-refractivity contribution >= 4 is 50.6 Å². The summed E-state index contributed by atoms with van der Waals surface area (Å²) in [5.41, 5.74) is 0.894. The van der Waals surface area contributed by atoms with Crippen molar-refractivity contribution in [1.82, 2.24) is 4.98 Å². The zero-order chi connectivity index (χ0) is 11.5. The highest BCUT2D eigenvalue weighted by Crippen LogP contribution is 2.27. The molecule has 16 heavy (non-hydrogen) atoms. The number of halogens is 3. The van der Waals surface area contributed by atoms with Crippen LogP contribution in [0.5, 0.6) is 0 Å². The quantitative estimate of drug-likeness (QED) is 0.797. The van der Waals surface area contributed by atoms with Crippen LogP contribution in [0.1, 0.15) is 0 Å². The predicted molar refractivity (Wildman–Crippen MR) is 71.7 cm³/mol. The summed E-state index contributed by atoms with van der Waals surface area (Å²) in [5.74, 6) is 0.696. The molecule has 0 saturated carbocycles. The Labute approximate surface area is 112 Å². The fraction of sp³-hybridized carbons (Fsp3) is 0. The Balaban J connectivity index is 2.24. The van der Waals surface area contributed by atoms with E-state index in [2.05, 4.69) is 26.2 Å². The largest absolute Gasteiger partial charge is 0.340 e. The zero-order valence-electron chi connectivity index (χ0n) is 8.05. The SMILES string of the molecule is Clc1cccc(Nc2ccc(Cl)c(Br)c2)n1. The Kier molecular flexibility index (Phi) is 3.69. The number of benzene rings is 1. The molecule has 1 aromatic carbocycles. The minimum Gasteiger partial charge on any atom is -0.340 e. The van der Waals surface area contributed by atoms with Gasteiger partial charge in [-0.2, -0.15) is 0 Å². The molecular formula is C11H7BrCl2N2. The molecule has 0 aliphatic rings. The molecule has 5 heteroatoms. The Morgan fingerprint density at radius 1 is 1.12 bits per heavy atom. The molecule has 82 valence electrons. The van der Waals surface area contributed by atoms with Crippen LogP contribution in [0.15, 0.2) is 40.9 Å². The van der Waals surface area contributed by atoms with Gasteiger partial charge in [-0.25, -0.2) is 4.98 Å². The fourth-order valence-corrected chi connectivity index (χ4v) is 1.86. The Morgan fingerprint density at radius 3 is 2.62 bits per heavy atom. The molecule has 0 amide bonds. The molecule has 0 bridgehead atoms. The predicted octanol–water partition coefficient (Wildman–Crippen LogP) is 4.89. The van der Waals surface area contributed by atoms with Crippen LogP contribution in [0.25, 0.3) is 0 Å². The highest BCUT2D eigenvalue weighted by molar-refractivity contribution is 9.10. The van der Waals surface area contributed by atoms with Gasteiger partial charge in [0.1, 0.15) is 11.0 Å². The molecule has 0 unspecified atom stereocenters. The van der Waals surface area contributed by atoms with E-state index in [-0.39, 0.29) is 0 Å². The maximum atomic E-state index is 5.90. The Morgan fingerprint density at radius 2 is 1.94 bits per heavy atom. The Bertz CT molecular complexity index is 517. The fourth-order valence-electron chi connectivity index (χ4n) is 1.20. The van der Waals surface area contributed by atoms with E-state index in [1.54, 1.807) is 12.1 Å². The third-order valence-corrected chi connectivity index (χ3v) is 3.33. The van der Waals surface area contributed by atoms with Gasteiger partial charge in [-0.15, -0.1) is 0 Å². The van der Waals surface area contributed by atoms with Gasteiger partial charge in [0.25, 0.3) is 0 Å². The topological polar surface area (TPSA) is 24.9 Å². The van der Waals surface area contributed by atoms with Crippen LogP contribution < -0.4 is 5.32 Å². The van der Waals surface area contributed by atoms with E-state index in [1.165, 1.54) is 0 Å². The van der Waals surface area contributed by atoms with Crippen LogP contribution >= 0.6 is 39.1 Å². The highest BCUT2D eigenvalue weighted by atomic mass is 79.9. The van der Waals surface area contributed by atoms with E-state index in [1.807, 2.05) is 24.3 Å². The second kappa shape index (κ2) is 5.04. The van der Waals surface area contributed by atoms with Gasteiger partial charge in [0.2, 0.25) is 0 Å². The monoisotopic (exact) mass is 316 g/mol. The number of nitrogens with one attached hydrogen (secondary N) is 1. The highest BCUT2D eigenvalue weighted by Gasteiger charge is 2.00. The van der Waals surface area contributed by atoms with Crippen molar-refractivity contribution in [3.63, 3.8) is 0 Å². The maximum Gasteiger partial charge on any atom is 0.132 e. The van der Waals surface area contributed by atoms with E-state index < -0.39 is 0 Å². The molecule has 0 aliphatic carbocycles. The van der Waals surface area contributed by atoms with Crippen molar-refractivity contribution in [2.45, 2.75) is 0 Å². The van der Waals surface area contributed by atoms with E-state index in [9.17, 15) is 0 Å². The van der Waals surface area contributed by atoms with Crippen LogP contribution in [0.3, 0.4) is 0 Å². The second-order valence-corrected chi connectivity index (χ2v) is 4.75. The molecule has 1 heterocycles. The van der Waals surface area contributed by atoms with E-state index in [0.717, 1.165) is 10.2 Å². The average molecular weight is 318 g/mol. The molecule has 0 radical (unpaired) electrons. The van der Waals surface area contributed by atoms with E-state index in [4.69, 9.17) is 23.2 Å². The maximum absolute atomic E-state index is 5.90. The van der Waals surface area contributed by atoms with Gasteiger partial charge in [-0.3, -0.25) is 0 Å². The third-order valence-electron chi connectivity index (χ3n) is 1.91. The molecule has 1 N–H and O–H groups in total. The van der Waals surface area contributed by atoms with Gasteiger partial charge in [-0.05, 0) is 46.3 Å². The van der Waals surface area contributed by atoms with Crippen LogP contribution in [-0.4, -0.2) is 4.98 Å². The van der Waals surface area contributed by atoms with Crippen molar-refractivity contribution in [2.24, 2.45) is 0 Å². The smallest absolute Gasteiger partial charge is 0.132 e. The third kappa shape index (κ3) is 2.88. The van der Waals surface area contributed by atoms with Gasteiger partial charge in [-0.1, -0.05) is 29.3 Å². The Hall–Kier alpha value is -0.770. The molecule has 0 atom stereocenters. The first-order valence-corrected chi connectivity index (χ1v) is 6.05. The van der Waals surface area contributed by atoms with Crippen LogP contribution in [0.2, 0.25) is 10.2 Å². The molecule has 2 rings (SSSR count). The number of nitrogens with zero attached hydrogens (tertiary/aromatic N) is 1. The lowest BCUT2D eigenvalue weighted by Crippen LogP contribution is -1.93. The van der Waals surface area contributed by atoms with Crippen molar-refractivity contribution < 1.29 is 0 Å². The normalized spacial score (nSPS) is 10.2. The number of anilines is 2. The molecule has 0 spiro atoms. The summed E-state index contributed by atoms with van der Waals surface area (Å²) in [6.07, 6.45) is 0.